The molecule has 2 aromatic carbocycles. The van der Waals surface area contributed by atoms with Crippen molar-refractivity contribution in [3.63, 3.8) is 0 Å². The molecule has 0 aliphatic carbocycles. The van der Waals surface area contributed by atoms with E-state index in [1.165, 1.54) is 12.1 Å². The van der Waals surface area contributed by atoms with Crippen molar-refractivity contribution in [2.45, 2.75) is 32.5 Å². The van der Waals surface area contributed by atoms with Crippen LogP contribution in [0.4, 0.5) is 13.2 Å². The SMILES string of the molecule is Cc1nnc(C[C@H]2C=C(c3ccc(Cl)cc3)c3cc(OC(F)(F)F)ccc3-n3c(C)nnc32)o1. The Kier molecular flexibility index (Phi) is 5.40. The summed E-state index contributed by atoms with van der Waals surface area (Å²) < 4.78 is 50.6. The first-order valence-corrected chi connectivity index (χ1v) is 10.6. The summed E-state index contributed by atoms with van der Waals surface area (Å²) in [5.74, 6) is 1.34. The van der Waals surface area contributed by atoms with Gasteiger partial charge in [0.1, 0.15) is 17.4 Å². The van der Waals surface area contributed by atoms with E-state index >= 15 is 0 Å². The van der Waals surface area contributed by atoms with Crippen molar-refractivity contribution in [3.8, 4) is 11.4 Å². The summed E-state index contributed by atoms with van der Waals surface area (Å²) in [7, 11) is 0. The molecule has 5 rings (SSSR count). The zero-order valence-electron chi connectivity index (χ0n) is 18.0. The van der Waals surface area contributed by atoms with Crippen molar-refractivity contribution in [2.75, 3.05) is 0 Å². The molecule has 0 saturated heterocycles. The van der Waals surface area contributed by atoms with Gasteiger partial charge in [-0.1, -0.05) is 29.8 Å². The first-order chi connectivity index (χ1) is 16.2. The topological polar surface area (TPSA) is 78.9 Å². The number of aromatic nitrogens is 5. The van der Waals surface area contributed by atoms with Gasteiger partial charge in [0.25, 0.3) is 0 Å². The number of nitrogens with zero attached hydrogens (tertiary/aromatic N) is 5. The van der Waals surface area contributed by atoms with Crippen LogP contribution < -0.4 is 4.74 Å². The van der Waals surface area contributed by atoms with Crippen LogP contribution in [-0.4, -0.2) is 31.3 Å². The Morgan fingerprint density at radius 1 is 1.03 bits per heavy atom. The maximum atomic E-state index is 13.0. The van der Waals surface area contributed by atoms with E-state index in [1.54, 1.807) is 32.0 Å². The van der Waals surface area contributed by atoms with E-state index in [-0.39, 0.29) is 11.7 Å². The van der Waals surface area contributed by atoms with Gasteiger partial charge in [-0.2, -0.15) is 0 Å². The molecule has 0 N–H and O–H groups in total. The predicted octanol–water partition coefficient (Wildman–Crippen LogP) is 5.59. The number of aryl methyl sites for hydroxylation is 2. The number of hydrogen-bond donors (Lipinski definition) is 0. The Morgan fingerprint density at radius 2 is 1.79 bits per heavy atom. The third kappa shape index (κ3) is 4.28. The zero-order valence-corrected chi connectivity index (χ0v) is 18.7. The van der Waals surface area contributed by atoms with Gasteiger partial charge in [-0.15, -0.1) is 33.6 Å². The van der Waals surface area contributed by atoms with E-state index in [4.69, 9.17) is 16.0 Å². The average molecular weight is 488 g/mol. The normalized spacial score (nSPS) is 15.4. The molecule has 7 nitrogen and oxygen atoms in total. The van der Waals surface area contributed by atoms with E-state index in [2.05, 4.69) is 25.1 Å². The summed E-state index contributed by atoms with van der Waals surface area (Å²) in [4.78, 5) is 0. The van der Waals surface area contributed by atoms with Crippen LogP contribution in [0.1, 0.15) is 40.5 Å². The van der Waals surface area contributed by atoms with Crippen molar-refractivity contribution in [1.82, 2.24) is 25.0 Å². The number of halogens is 4. The van der Waals surface area contributed by atoms with E-state index < -0.39 is 6.36 Å². The quantitative estimate of drug-likeness (QED) is 0.373. The maximum Gasteiger partial charge on any atom is 0.573 e. The molecule has 1 aliphatic rings. The van der Waals surface area contributed by atoms with Crippen molar-refractivity contribution < 1.29 is 22.3 Å². The van der Waals surface area contributed by atoms with E-state index in [0.717, 1.165) is 5.56 Å². The molecule has 0 bridgehead atoms. The second-order valence-electron chi connectivity index (χ2n) is 7.78. The number of fused-ring (bicyclic) bond motifs is 3. The molecular formula is C23H17ClF3N5O2. The fourth-order valence-electron chi connectivity index (χ4n) is 4.04. The van der Waals surface area contributed by atoms with Crippen molar-refractivity contribution in [1.29, 1.82) is 0 Å². The van der Waals surface area contributed by atoms with Gasteiger partial charge >= 0.3 is 6.36 Å². The molecule has 2 aromatic heterocycles. The Morgan fingerprint density at radius 3 is 2.47 bits per heavy atom. The van der Waals surface area contributed by atoms with Gasteiger partial charge in [0.15, 0.2) is 0 Å². The van der Waals surface area contributed by atoms with Gasteiger partial charge < -0.3 is 9.15 Å². The molecule has 0 fully saturated rings. The summed E-state index contributed by atoms with van der Waals surface area (Å²) >= 11 is 6.08. The predicted molar refractivity (Wildman–Crippen MR) is 117 cm³/mol. The van der Waals surface area contributed by atoms with E-state index in [0.29, 0.717) is 51.7 Å². The number of hydrogen-bond acceptors (Lipinski definition) is 6. The van der Waals surface area contributed by atoms with Crippen LogP contribution in [-0.2, 0) is 6.42 Å². The molecule has 1 aliphatic heterocycles. The molecule has 4 aromatic rings. The second kappa shape index (κ2) is 8.28. The standard InChI is InChI=1S/C23H17ClF3N5O2/c1-12-28-31-22-15(10-21-30-29-13(2)33-21)9-18(14-3-5-16(24)6-4-14)19-11-17(34-23(25,26)27)7-8-20(19)32(12)22/h3-9,11,15H,10H2,1-2H3/t15-/m1/s1. The maximum absolute atomic E-state index is 13.0. The van der Waals surface area contributed by atoms with Crippen LogP contribution in [0.15, 0.2) is 53.0 Å². The molecule has 0 spiro atoms. The lowest BCUT2D eigenvalue weighted by molar-refractivity contribution is -0.274. The Labute approximate surface area is 196 Å². The summed E-state index contributed by atoms with van der Waals surface area (Å²) in [5.41, 5.74) is 2.60. The van der Waals surface area contributed by atoms with E-state index in [9.17, 15) is 13.2 Å². The van der Waals surface area contributed by atoms with Gasteiger partial charge in [0.2, 0.25) is 11.8 Å². The molecule has 0 saturated carbocycles. The molecule has 3 heterocycles. The van der Waals surface area contributed by atoms with Crippen LogP contribution in [0.3, 0.4) is 0 Å². The minimum Gasteiger partial charge on any atom is -0.426 e. The summed E-state index contributed by atoms with van der Waals surface area (Å²) in [6, 6.07) is 11.3. The van der Waals surface area contributed by atoms with Crippen LogP contribution in [0, 0.1) is 13.8 Å². The number of alkyl halides is 3. The average Bonchev–Trinajstić information content (AvgIpc) is 3.32. The molecule has 1 atom stereocenters. The number of ether oxygens (including phenoxy) is 1. The fraction of sp³-hybridized carbons (Fsp3) is 0.217. The smallest absolute Gasteiger partial charge is 0.426 e. The highest BCUT2D eigenvalue weighted by Crippen LogP contribution is 2.40. The largest absolute Gasteiger partial charge is 0.573 e. The lowest BCUT2D eigenvalue weighted by atomic mass is 9.92. The van der Waals surface area contributed by atoms with E-state index in [1.807, 2.05) is 22.8 Å². The summed E-state index contributed by atoms with van der Waals surface area (Å²) in [6.45, 7) is 3.48. The van der Waals surface area contributed by atoms with Crippen LogP contribution in [0.25, 0.3) is 11.3 Å². The van der Waals surface area contributed by atoms with Crippen molar-refractivity contribution in [3.05, 3.63) is 88.1 Å². The van der Waals surface area contributed by atoms with Crippen LogP contribution >= 0.6 is 11.6 Å². The van der Waals surface area contributed by atoms with Gasteiger partial charge in [-0.05, 0) is 48.4 Å². The highest BCUT2D eigenvalue weighted by molar-refractivity contribution is 6.30. The van der Waals surface area contributed by atoms with Gasteiger partial charge in [-0.3, -0.25) is 4.57 Å². The van der Waals surface area contributed by atoms with Gasteiger partial charge in [-0.25, -0.2) is 0 Å². The van der Waals surface area contributed by atoms with Crippen LogP contribution in [0.2, 0.25) is 5.02 Å². The Hall–Kier alpha value is -3.66. The lowest BCUT2D eigenvalue weighted by Crippen LogP contribution is -2.17. The Bertz CT molecular complexity index is 1390. The molecule has 0 amide bonds. The molecule has 34 heavy (non-hydrogen) atoms. The number of rotatable bonds is 4. The number of allylic oxidation sites excluding steroid dienone is 1. The van der Waals surface area contributed by atoms with Gasteiger partial charge in [0.05, 0.1) is 5.69 Å². The van der Waals surface area contributed by atoms with Crippen molar-refractivity contribution in [2.24, 2.45) is 0 Å². The molecular weight excluding hydrogens is 471 g/mol. The zero-order chi connectivity index (χ0) is 24.0. The number of benzene rings is 2. The second-order valence-corrected chi connectivity index (χ2v) is 8.22. The third-order valence-electron chi connectivity index (χ3n) is 5.40. The molecule has 11 heteroatoms. The highest BCUT2D eigenvalue weighted by Gasteiger charge is 2.33. The molecule has 0 radical (unpaired) electrons. The molecule has 174 valence electrons. The molecule has 0 unspecified atom stereocenters. The minimum atomic E-state index is -4.82. The fourth-order valence-corrected chi connectivity index (χ4v) is 4.17. The van der Waals surface area contributed by atoms with Crippen LogP contribution in [0.5, 0.6) is 5.75 Å². The Balaban J connectivity index is 1.73. The highest BCUT2D eigenvalue weighted by atomic mass is 35.5. The first kappa shape index (κ1) is 22.1. The monoisotopic (exact) mass is 487 g/mol. The first-order valence-electron chi connectivity index (χ1n) is 10.3. The van der Waals surface area contributed by atoms with Crippen molar-refractivity contribution >= 4 is 17.2 Å². The summed E-state index contributed by atoms with van der Waals surface area (Å²) in [6.07, 6.45) is -2.57. The summed E-state index contributed by atoms with van der Waals surface area (Å²) in [5, 5.41) is 17.1. The third-order valence-corrected chi connectivity index (χ3v) is 5.65. The van der Waals surface area contributed by atoms with Gasteiger partial charge in [0, 0.05) is 29.8 Å². The minimum absolute atomic E-state index is 0.329. The lowest BCUT2D eigenvalue weighted by Gasteiger charge is -2.16.